The highest BCUT2D eigenvalue weighted by molar-refractivity contribution is 5.74. The van der Waals surface area contributed by atoms with E-state index in [-0.39, 0.29) is 6.61 Å². The number of rotatable bonds is 5. The van der Waals surface area contributed by atoms with Crippen molar-refractivity contribution in [2.24, 2.45) is 5.92 Å². The molecule has 26 heavy (non-hydrogen) atoms. The number of hydrogen-bond donors (Lipinski definition) is 2. The zero-order valence-corrected chi connectivity index (χ0v) is 15.5. The zero-order chi connectivity index (χ0) is 18.5. The average molecular weight is 349 g/mol. The lowest BCUT2D eigenvalue weighted by atomic mass is 9.81. The number of aromatic hydroxyl groups is 1. The highest BCUT2D eigenvalue weighted by Gasteiger charge is 2.22. The first-order valence-corrected chi connectivity index (χ1v) is 9.11. The molecule has 0 fully saturated rings. The van der Waals surface area contributed by atoms with Crippen LogP contribution in [-0.4, -0.2) is 35.8 Å². The van der Waals surface area contributed by atoms with Crippen LogP contribution in [0.4, 0.5) is 0 Å². The van der Waals surface area contributed by atoms with E-state index in [1.54, 1.807) is 6.07 Å². The molecular weight excluding hydrogens is 322 g/mol. The number of aliphatic hydroxyl groups excluding tert-OH is 1. The molecule has 0 aliphatic heterocycles. The van der Waals surface area contributed by atoms with Crippen LogP contribution in [-0.2, 0) is 6.61 Å². The molecule has 0 heterocycles. The van der Waals surface area contributed by atoms with Gasteiger partial charge in [0.05, 0.1) is 6.61 Å². The van der Waals surface area contributed by atoms with Crippen LogP contribution in [0.25, 0.3) is 11.6 Å². The van der Waals surface area contributed by atoms with Crippen molar-refractivity contribution in [1.82, 2.24) is 4.90 Å². The Bertz CT molecular complexity index is 820. The maximum atomic E-state index is 9.89. The van der Waals surface area contributed by atoms with Crippen molar-refractivity contribution in [3.05, 3.63) is 76.9 Å². The van der Waals surface area contributed by atoms with E-state index < -0.39 is 0 Å². The quantitative estimate of drug-likeness (QED) is 0.845. The predicted molar refractivity (Wildman–Crippen MR) is 108 cm³/mol. The Hall–Kier alpha value is -2.36. The summed E-state index contributed by atoms with van der Waals surface area (Å²) in [6, 6.07) is 15.6. The SMILES string of the molecule is CN(C)CC1CC/C(=C/c2cccc(CO)c2)C=C1c1cccc(O)c1. The Morgan fingerprint density at radius 1 is 1.12 bits per heavy atom. The second-order valence-electron chi connectivity index (χ2n) is 7.27. The minimum absolute atomic E-state index is 0.0618. The first-order chi connectivity index (χ1) is 12.5. The number of aliphatic hydroxyl groups is 1. The molecule has 0 radical (unpaired) electrons. The summed E-state index contributed by atoms with van der Waals surface area (Å²) in [5.74, 6) is 0.756. The predicted octanol–water partition coefficient (Wildman–Crippen LogP) is 4.32. The summed E-state index contributed by atoms with van der Waals surface area (Å²) in [7, 11) is 4.21. The lowest BCUT2D eigenvalue weighted by Crippen LogP contribution is -2.24. The van der Waals surface area contributed by atoms with Gasteiger partial charge in [0.15, 0.2) is 0 Å². The van der Waals surface area contributed by atoms with Crippen LogP contribution in [0.2, 0.25) is 0 Å². The second kappa shape index (κ2) is 8.35. The summed E-state index contributed by atoms with van der Waals surface area (Å²) in [4.78, 5) is 2.22. The first-order valence-electron chi connectivity index (χ1n) is 9.11. The van der Waals surface area contributed by atoms with Crippen LogP contribution in [0.5, 0.6) is 5.75 Å². The van der Waals surface area contributed by atoms with Crippen molar-refractivity contribution in [1.29, 1.82) is 0 Å². The Kier molecular flexibility index (Phi) is 5.92. The molecule has 1 atom stereocenters. The van der Waals surface area contributed by atoms with E-state index in [4.69, 9.17) is 0 Å². The van der Waals surface area contributed by atoms with Gasteiger partial charge in [0.2, 0.25) is 0 Å². The highest BCUT2D eigenvalue weighted by atomic mass is 16.3. The molecule has 2 aromatic rings. The molecule has 1 unspecified atom stereocenters. The normalized spacial score (nSPS) is 19.0. The van der Waals surface area contributed by atoms with Gasteiger partial charge < -0.3 is 15.1 Å². The standard InChI is InChI=1S/C23H27NO2/c1-24(2)15-21-10-9-18(11-17-5-3-6-19(12-17)16-25)13-23(21)20-7-4-8-22(26)14-20/h3-8,11-14,21,25-26H,9-10,15-16H2,1-2H3/b18-11-. The van der Waals surface area contributed by atoms with E-state index in [0.717, 1.165) is 36.1 Å². The van der Waals surface area contributed by atoms with E-state index in [2.05, 4.69) is 43.3 Å². The Balaban J connectivity index is 1.97. The third-order valence-electron chi connectivity index (χ3n) is 4.81. The summed E-state index contributed by atoms with van der Waals surface area (Å²) >= 11 is 0. The minimum Gasteiger partial charge on any atom is -0.508 e. The Labute approximate surface area is 155 Å². The van der Waals surface area contributed by atoms with E-state index in [9.17, 15) is 10.2 Å². The van der Waals surface area contributed by atoms with Gasteiger partial charge in [0.1, 0.15) is 5.75 Å². The molecule has 0 amide bonds. The fourth-order valence-electron chi connectivity index (χ4n) is 3.63. The lowest BCUT2D eigenvalue weighted by molar-refractivity contribution is 0.282. The summed E-state index contributed by atoms with van der Waals surface area (Å²) < 4.78 is 0. The van der Waals surface area contributed by atoms with Crippen molar-refractivity contribution < 1.29 is 10.2 Å². The zero-order valence-electron chi connectivity index (χ0n) is 15.5. The van der Waals surface area contributed by atoms with Crippen LogP contribution < -0.4 is 0 Å². The number of allylic oxidation sites excluding steroid dienone is 2. The van der Waals surface area contributed by atoms with Crippen LogP contribution in [0, 0.1) is 5.92 Å². The first kappa shape index (κ1) is 18.4. The van der Waals surface area contributed by atoms with Gasteiger partial charge in [-0.15, -0.1) is 0 Å². The molecule has 3 nitrogen and oxygen atoms in total. The monoisotopic (exact) mass is 349 g/mol. The van der Waals surface area contributed by atoms with E-state index in [1.165, 1.54) is 11.1 Å². The molecule has 2 aromatic carbocycles. The summed E-state index contributed by atoms with van der Waals surface area (Å²) in [5.41, 5.74) is 5.70. The molecule has 3 heteroatoms. The van der Waals surface area contributed by atoms with Crippen molar-refractivity contribution >= 4 is 11.6 Å². The van der Waals surface area contributed by atoms with E-state index in [1.807, 2.05) is 30.3 Å². The smallest absolute Gasteiger partial charge is 0.116 e. The number of benzene rings is 2. The molecule has 1 aliphatic rings. The molecule has 136 valence electrons. The van der Waals surface area contributed by atoms with Crippen LogP contribution in [0.3, 0.4) is 0 Å². The molecule has 0 saturated carbocycles. The van der Waals surface area contributed by atoms with Gasteiger partial charge in [-0.1, -0.05) is 42.5 Å². The molecule has 0 aromatic heterocycles. The molecule has 1 aliphatic carbocycles. The lowest BCUT2D eigenvalue weighted by Gasteiger charge is -2.28. The van der Waals surface area contributed by atoms with Crippen molar-refractivity contribution in [2.75, 3.05) is 20.6 Å². The topological polar surface area (TPSA) is 43.7 Å². The summed E-state index contributed by atoms with van der Waals surface area (Å²) in [6.07, 6.45) is 6.60. The third-order valence-corrected chi connectivity index (χ3v) is 4.81. The fourth-order valence-corrected chi connectivity index (χ4v) is 3.63. The van der Waals surface area contributed by atoms with Gasteiger partial charge in [0, 0.05) is 6.54 Å². The van der Waals surface area contributed by atoms with Gasteiger partial charge in [-0.25, -0.2) is 0 Å². The second-order valence-corrected chi connectivity index (χ2v) is 7.27. The van der Waals surface area contributed by atoms with E-state index in [0.29, 0.717) is 11.7 Å². The number of hydrogen-bond acceptors (Lipinski definition) is 3. The van der Waals surface area contributed by atoms with Crippen LogP contribution in [0.15, 0.2) is 60.2 Å². The van der Waals surface area contributed by atoms with Crippen LogP contribution in [0.1, 0.15) is 29.5 Å². The molecule has 0 saturated heterocycles. The molecule has 3 rings (SSSR count). The van der Waals surface area contributed by atoms with Gasteiger partial charge in [-0.3, -0.25) is 0 Å². The number of phenolic OH excluding ortho intramolecular Hbond substituents is 1. The maximum Gasteiger partial charge on any atom is 0.116 e. The van der Waals surface area contributed by atoms with Crippen molar-refractivity contribution in [3.8, 4) is 5.75 Å². The summed E-state index contributed by atoms with van der Waals surface area (Å²) in [6.45, 7) is 1.06. The van der Waals surface area contributed by atoms with E-state index >= 15 is 0 Å². The van der Waals surface area contributed by atoms with Gasteiger partial charge in [0.25, 0.3) is 0 Å². The Morgan fingerprint density at radius 2 is 1.92 bits per heavy atom. The molecule has 0 bridgehead atoms. The molecule has 0 spiro atoms. The van der Waals surface area contributed by atoms with Gasteiger partial charge >= 0.3 is 0 Å². The van der Waals surface area contributed by atoms with Crippen molar-refractivity contribution in [3.63, 3.8) is 0 Å². The Morgan fingerprint density at radius 3 is 2.65 bits per heavy atom. The van der Waals surface area contributed by atoms with Gasteiger partial charge in [-0.2, -0.15) is 0 Å². The fraction of sp³-hybridized carbons (Fsp3) is 0.304. The van der Waals surface area contributed by atoms with Crippen molar-refractivity contribution in [2.45, 2.75) is 19.4 Å². The van der Waals surface area contributed by atoms with Crippen LogP contribution >= 0.6 is 0 Å². The maximum absolute atomic E-state index is 9.89. The molecular formula is C23H27NO2. The summed E-state index contributed by atoms with van der Waals surface area (Å²) in [5, 5.41) is 19.2. The number of nitrogens with zero attached hydrogens (tertiary/aromatic N) is 1. The largest absolute Gasteiger partial charge is 0.508 e. The minimum atomic E-state index is 0.0618. The van der Waals surface area contributed by atoms with Gasteiger partial charge in [-0.05, 0) is 78.9 Å². The average Bonchev–Trinajstić information content (AvgIpc) is 2.63. The highest BCUT2D eigenvalue weighted by Crippen LogP contribution is 2.36. The third kappa shape index (κ3) is 4.63. The molecule has 2 N–H and O–H groups in total. The number of phenols is 1.